The number of halogens is 2. The van der Waals surface area contributed by atoms with E-state index >= 15 is 0 Å². The number of hydrogen-bond donors (Lipinski definition) is 3. The molecule has 9 nitrogen and oxygen atoms in total. The lowest BCUT2D eigenvalue weighted by atomic mass is 9.95. The van der Waals surface area contributed by atoms with Gasteiger partial charge in [0.1, 0.15) is 5.75 Å². The fourth-order valence-corrected chi connectivity index (χ4v) is 6.04. The molecule has 0 unspecified atom stereocenters. The molecule has 216 valence electrons. The van der Waals surface area contributed by atoms with E-state index in [2.05, 4.69) is 10.6 Å². The highest BCUT2D eigenvalue weighted by molar-refractivity contribution is 7.18. The van der Waals surface area contributed by atoms with E-state index in [-0.39, 0.29) is 30.7 Å². The van der Waals surface area contributed by atoms with Gasteiger partial charge < -0.3 is 25.4 Å². The number of hydrogen-bond acceptors (Lipinski definition) is 6. The van der Waals surface area contributed by atoms with Gasteiger partial charge >= 0.3 is 5.97 Å². The number of likely N-dealkylation sites (tertiary alicyclic amines) is 1. The predicted molar refractivity (Wildman–Crippen MR) is 160 cm³/mol. The van der Waals surface area contributed by atoms with Crippen molar-refractivity contribution in [1.82, 2.24) is 15.5 Å². The second-order valence-electron chi connectivity index (χ2n) is 9.61. The number of carbonyl (C=O) groups is 4. The van der Waals surface area contributed by atoms with Gasteiger partial charge in [-0.05, 0) is 65.6 Å². The quantitative estimate of drug-likeness (QED) is 0.279. The van der Waals surface area contributed by atoms with Crippen LogP contribution < -0.4 is 15.4 Å². The van der Waals surface area contributed by atoms with Crippen molar-refractivity contribution in [2.45, 2.75) is 25.3 Å². The molecule has 0 saturated carbocycles. The Balaban J connectivity index is 1.29. The van der Waals surface area contributed by atoms with E-state index in [0.717, 1.165) is 10.1 Å². The van der Waals surface area contributed by atoms with Crippen LogP contribution in [0.3, 0.4) is 0 Å². The first-order valence-electron chi connectivity index (χ1n) is 12.9. The van der Waals surface area contributed by atoms with Crippen molar-refractivity contribution >= 4 is 74.4 Å². The molecule has 3 aromatic rings. The minimum absolute atomic E-state index is 0.0556. The van der Waals surface area contributed by atoms with Crippen LogP contribution in [0.25, 0.3) is 16.2 Å². The minimum Gasteiger partial charge on any atom is -0.497 e. The Hall–Kier alpha value is -3.60. The number of nitrogens with zero attached hydrogens (tertiary/aromatic N) is 1. The molecule has 1 aliphatic rings. The molecule has 3 amide bonds. The van der Waals surface area contributed by atoms with Crippen molar-refractivity contribution in [3.63, 3.8) is 0 Å². The number of ether oxygens (including phenoxy) is 1. The van der Waals surface area contributed by atoms with Crippen molar-refractivity contribution in [3.8, 4) is 5.75 Å². The molecule has 3 N–H and O–H groups in total. The summed E-state index contributed by atoms with van der Waals surface area (Å²) in [6, 6.07) is 9.58. The van der Waals surface area contributed by atoms with E-state index in [9.17, 15) is 24.3 Å². The summed E-state index contributed by atoms with van der Waals surface area (Å²) in [5, 5.41) is 18.5. The fourth-order valence-electron chi connectivity index (χ4n) is 4.60. The van der Waals surface area contributed by atoms with Gasteiger partial charge in [-0.15, -0.1) is 11.3 Å². The Morgan fingerprint density at radius 1 is 1.15 bits per heavy atom. The normalized spacial score (nSPS) is 14.7. The molecule has 0 spiro atoms. The molecule has 0 aliphatic carbocycles. The van der Waals surface area contributed by atoms with Gasteiger partial charge in [0.15, 0.2) is 0 Å². The third kappa shape index (κ3) is 7.78. The van der Waals surface area contributed by atoms with E-state index in [1.165, 1.54) is 24.5 Å². The topological polar surface area (TPSA) is 125 Å². The summed E-state index contributed by atoms with van der Waals surface area (Å²) in [5.41, 5.74) is 1.00. The average Bonchev–Trinajstić information content (AvgIpc) is 3.45. The van der Waals surface area contributed by atoms with Crippen molar-refractivity contribution in [2.24, 2.45) is 5.92 Å². The number of thiophene rings is 1. The molecule has 1 aromatic heterocycles. The van der Waals surface area contributed by atoms with Crippen LogP contribution in [0.5, 0.6) is 5.75 Å². The van der Waals surface area contributed by atoms with Gasteiger partial charge in [-0.2, -0.15) is 0 Å². The number of methoxy groups -OCH3 is 1. The predicted octanol–water partition coefficient (Wildman–Crippen LogP) is 4.86. The van der Waals surface area contributed by atoms with Gasteiger partial charge in [0.2, 0.25) is 11.8 Å². The number of aliphatic carboxylic acids is 1. The molecule has 4 rings (SSSR count). The number of rotatable bonds is 10. The van der Waals surface area contributed by atoms with Gasteiger partial charge in [0.25, 0.3) is 5.91 Å². The Morgan fingerprint density at radius 2 is 1.90 bits per heavy atom. The summed E-state index contributed by atoms with van der Waals surface area (Å²) in [7, 11) is 1.49. The molecule has 2 aromatic carbocycles. The third-order valence-electron chi connectivity index (χ3n) is 6.84. The average molecular weight is 619 g/mol. The lowest BCUT2D eigenvalue weighted by molar-refractivity contribution is -0.138. The first kappa shape index (κ1) is 30.4. The smallest absolute Gasteiger partial charge is 0.305 e. The third-order valence-corrected chi connectivity index (χ3v) is 8.79. The Bertz CT molecular complexity index is 1480. The van der Waals surface area contributed by atoms with Crippen LogP contribution in [-0.2, 0) is 14.4 Å². The van der Waals surface area contributed by atoms with Crippen LogP contribution in [-0.4, -0.2) is 66.5 Å². The molecule has 1 aliphatic heterocycles. The van der Waals surface area contributed by atoms with Crippen molar-refractivity contribution in [1.29, 1.82) is 0 Å². The lowest BCUT2D eigenvalue weighted by Gasteiger charge is -2.31. The molecule has 41 heavy (non-hydrogen) atoms. The zero-order chi connectivity index (χ0) is 29.5. The zero-order valence-electron chi connectivity index (χ0n) is 22.2. The fraction of sp³-hybridized carbons (Fsp3) is 0.310. The van der Waals surface area contributed by atoms with E-state index in [1.54, 1.807) is 35.2 Å². The summed E-state index contributed by atoms with van der Waals surface area (Å²) < 4.78 is 6.02. The maximum absolute atomic E-state index is 13.0. The van der Waals surface area contributed by atoms with Crippen molar-refractivity contribution in [2.75, 3.05) is 26.7 Å². The Morgan fingerprint density at radius 3 is 2.61 bits per heavy atom. The minimum atomic E-state index is -1.10. The summed E-state index contributed by atoms with van der Waals surface area (Å²) in [6.07, 6.45) is 3.59. The first-order chi connectivity index (χ1) is 19.7. The van der Waals surface area contributed by atoms with Gasteiger partial charge in [0, 0.05) is 37.2 Å². The summed E-state index contributed by atoms with van der Waals surface area (Å²) in [6.45, 7) is 0.685. The highest BCUT2D eigenvalue weighted by Gasteiger charge is 2.28. The lowest BCUT2D eigenvalue weighted by Crippen LogP contribution is -2.49. The van der Waals surface area contributed by atoms with E-state index in [0.29, 0.717) is 52.9 Å². The summed E-state index contributed by atoms with van der Waals surface area (Å²) in [4.78, 5) is 51.3. The van der Waals surface area contributed by atoms with E-state index < -0.39 is 17.9 Å². The second kappa shape index (κ2) is 13.8. The van der Waals surface area contributed by atoms with E-state index in [1.807, 2.05) is 17.5 Å². The van der Waals surface area contributed by atoms with Gasteiger partial charge in [0.05, 0.1) is 34.3 Å². The summed E-state index contributed by atoms with van der Waals surface area (Å²) >= 11 is 14.3. The zero-order valence-corrected chi connectivity index (χ0v) is 24.5. The second-order valence-corrected chi connectivity index (χ2v) is 11.3. The van der Waals surface area contributed by atoms with Crippen LogP contribution >= 0.6 is 34.5 Å². The number of fused-ring (bicyclic) bond motifs is 1. The number of nitrogens with one attached hydrogen (secondary N) is 2. The van der Waals surface area contributed by atoms with Crippen LogP contribution in [0.15, 0.2) is 47.9 Å². The van der Waals surface area contributed by atoms with Crippen LogP contribution in [0.2, 0.25) is 10.0 Å². The number of benzene rings is 2. The standard InChI is InChI=1S/C29H29Cl2N3O6S/c1-40-22-4-2-3-20(14-22)28(38)32-16-21(15-24(36)37)33-29(39)17-7-10-34(11-8-17)23(35)6-5-18-13-19-9-12-41-27(19)26(31)25(18)30/h2-6,9,12-14,17,21H,7-8,10-11,15-16H2,1H3,(H,32,38)(H,33,39)(H,36,37)/b6-5+/t21-/m1/s1. The molecular formula is C29H29Cl2N3O6S. The molecule has 2 heterocycles. The van der Waals surface area contributed by atoms with E-state index in [4.69, 9.17) is 27.9 Å². The number of amides is 3. The van der Waals surface area contributed by atoms with Crippen molar-refractivity contribution < 1.29 is 29.0 Å². The SMILES string of the molecule is COc1cccc(C(=O)NC[C@@H](CC(=O)O)NC(=O)C2CCN(C(=O)/C=C/c3cc4ccsc4c(Cl)c3Cl)CC2)c1. The number of piperidine rings is 1. The highest BCUT2D eigenvalue weighted by atomic mass is 35.5. The van der Waals surface area contributed by atoms with Gasteiger partial charge in [-0.3, -0.25) is 19.2 Å². The summed E-state index contributed by atoms with van der Waals surface area (Å²) in [5.74, 6) is -1.89. The van der Waals surface area contributed by atoms with Crippen LogP contribution in [0.1, 0.15) is 35.2 Å². The molecule has 1 atom stereocenters. The molecular weight excluding hydrogens is 589 g/mol. The largest absolute Gasteiger partial charge is 0.497 e. The molecule has 1 fully saturated rings. The number of carbonyl (C=O) groups excluding carboxylic acids is 3. The first-order valence-corrected chi connectivity index (χ1v) is 14.6. The van der Waals surface area contributed by atoms with Crippen LogP contribution in [0.4, 0.5) is 0 Å². The van der Waals surface area contributed by atoms with Crippen molar-refractivity contribution in [3.05, 3.63) is 69.0 Å². The van der Waals surface area contributed by atoms with Crippen LogP contribution in [0, 0.1) is 5.92 Å². The molecule has 12 heteroatoms. The Labute approximate surface area is 251 Å². The Kier molecular flexibility index (Phi) is 10.3. The van der Waals surface area contributed by atoms with Gasteiger partial charge in [-0.1, -0.05) is 29.3 Å². The highest BCUT2D eigenvalue weighted by Crippen LogP contribution is 2.37. The monoisotopic (exact) mass is 617 g/mol. The number of carboxylic acids is 1. The molecule has 1 saturated heterocycles. The number of carboxylic acid groups (broad SMARTS) is 1. The maximum Gasteiger partial charge on any atom is 0.305 e. The molecule has 0 bridgehead atoms. The maximum atomic E-state index is 13.0. The molecule has 0 radical (unpaired) electrons. The van der Waals surface area contributed by atoms with Gasteiger partial charge in [-0.25, -0.2) is 0 Å².